The molecule has 1 unspecified atom stereocenters. The van der Waals surface area contributed by atoms with E-state index in [4.69, 9.17) is 0 Å². The number of nitrogens with one attached hydrogen (secondary N) is 2. The van der Waals surface area contributed by atoms with Crippen LogP contribution < -0.4 is 5.32 Å². The summed E-state index contributed by atoms with van der Waals surface area (Å²) in [5.74, 6) is 1.26. The minimum Gasteiger partial charge on any atom is -0.303 e. The van der Waals surface area contributed by atoms with Crippen LogP contribution in [0.3, 0.4) is 0 Å². The first-order chi connectivity index (χ1) is 8.66. The number of hydrogen-bond acceptors (Lipinski definition) is 4. The van der Waals surface area contributed by atoms with E-state index in [0.29, 0.717) is 11.7 Å². The summed E-state index contributed by atoms with van der Waals surface area (Å²) >= 11 is 0. The highest BCUT2D eigenvalue weighted by Crippen LogP contribution is 2.15. The van der Waals surface area contributed by atoms with Gasteiger partial charge < -0.3 is 5.32 Å². The molecule has 5 nitrogen and oxygen atoms in total. The fraction of sp³-hybridized carbons (Fsp3) is 0.462. The molecule has 0 radical (unpaired) electrons. The Kier molecular flexibility index (Phi) is 4.04. The molecule has 0 spiro atoms. The van der Waals surface area contributed by atoms with Gasteiger partial charge in [0, 0.05) is 6.54 Å². The highest BCUT2D eigenvalue weighted by Gasteiger charge is 2.09. The Bertz CT molecular complexity index is 461. The van der Waals surface area contributed by atoms with E-state index in [0.717, 1.165) is 6.54 Å². The van der Waals surface area contributed by atoms with Crippen molar-refractivity contribution in [2.75, 3.05) is 0 Å². The number of hydrogen-bond donors (Lipinski definition) is 2. The molecule has 1 aromatic heterocycles. The summed E-state index contributed by atoms with van der Waals surface area (Å²) in [6.45, 7) is 7.22. The van der Waals surface area contributed by atoms with Crippen LogP contribution in [-0.2, 0) is 6.54 Å². The minimum absolute atomic E-state index is 0.0912. The molecular formula is C13H19N5. The zero-order valence-corrected chi connectivity index (χ0v) is 11.0. The number of rotatable bonds is 5. The number of benzene rings is 1. The van der Waals surface area contributed by atoms with Gasteiger partial charge in [0.15, 0.2) is 5.82 Å². The number of tetrazole rings is 1. The molecule has 0 aliphatic rings. The average molecular weight is 245 g/mol. The van der Waals surface area contributed by atoms with Crippen LogP contribution in [0.5, 0.6) is 0 Å². The predicted molar refractivity (Wildman–Crippen MR) is 70.0 cm³/mol. The maximum atomic E-state index is 3.96. The van der Waals surface area contributed by atoms with Gasteiger partial charge in [0.2, 0.25) is 0 Å². The third-order valence-electron chi connectivity index (χ3n) is 3.01. The molecule has 1 atom stereocenters. The number of aromatic amines is 1. The Morgan fingerprint density at radius 2 is 1.89 bits per heavy atom. The minimum atomic E-state index is 0.0912. The average Bonchev–Trinajstić information content (AvgIpc) is 2.90. The van der Waals surface area contributed by atoms with E-state index in [2.05, 4.69) is 64.1 Å². The van der Waals surface area contributed by atoms with Crippen LogP contribution in [0.2, 0.25) is 0 Å². The highest BCUT2D eigenvalue weighted by atomic mass is 15.5. The molecule has 0 saturated heterocycles. The van der Waals surface area contributed by atoms with E-state index in [9.17, 15) is 0 Å². The summed E-state index contributed by atoms with van der Waals surface area (Å²) in [5, 5.41) is 17.3. The molecule has 1 aromatic carbocycles. The van der Waals surface area contributed by atoms with Crippen LogP contribution >= 0.6 is 0 Å². The fourth-order valence-corrected chi connectivity index (χ4v) is 1.74. The van der Waals surface area contributed by atoms with Gasteiger partial charge in [0.05, 0.1) is 6.04 Å². The molecule has 0 fully saturated rings. The van der Waals surface area contributed by atoms with Gasteiger partial charge in [-0.3, -0.25) is 0 Å². The summed E-state index contributed by atoms with van der Waals surface area (Å²) < 4.78 is 0. The largest absolute Gasteiger partial charge is 0.303 e. The smallest absolute Gasteiger partial charge is 0.191 e. The van der Waals surface area contributed by atoms with Crippen LogP contribution in [0.25, 0.3) is 0 Å². The van der Waals surface area contributed by atoms with E-state index in [1.807, 2.05) is 6.92 Å². The first kappa shape index (κ1) is 12.7. The zero-order valence-electron chi connectivity index (χ0n) is 11.0. The third-order valence-corrected chi connectivity index (χ3v) is 3.01. The van der Waals surface area contributed by atoms with E-state index in [-0.39, 0.29) is 6.04 Å². The molecule has 0 aliphatic carbocycles. The van der Waals surface area contributed by atoms with Gasteiger partial charge in [0.25, 0.3) is 0 Å². The first-order valence-electron chi connectivity index (χ1n) is 6.22. The van der Waals surface area contributed by atoms with Crippen LogP contribution in [0.4, 0.5) is 0 Å². The van der Waals surface area contributed by atoms with Gasteiger partial charge in [-0.2, -0.15) is 5.21 Å². The molecule has 0 bridgehead atoms. The number of nitrogens with zero attached hydrogens (tertiary/aromatic N) is 3. The monoisotopic (exact) mass is 245 g/mol. The second kappa shape index (κ2) is 5.73. The Morgan fingerprint density at radius 1 is 1.17 bits per heavy atom. The Balaban J connectivity index is 1.90. The highest BCUT2D eigenvalue weighted by molar-refractivity contribution is 5.24. The molecule has 96 valence electrons. The van der Waals surface area contributed by atoms with Crippen molar-refractivity contribution in [3.05, 3.63) is 41.2 Å². The van der Waals surface area contributed by atoms with Gasteiger partial charge in [-0.1, -0.05) is 43.3 Å². The summed E-state index contributed by atoms with van der Waals surface area (Å²) in [6.07, 6.45) is 0. The molecule has 0 aliphatic heterocycles. The second-order valence-electron chi connectivity index (χ2n) is 4.77. The van der Waals surface area contributed by atoms with E-state index in [1.165, 1.54) is 11.1 Å². The molecule has 5 heteroatoms. The van der Waals surface area contributed by atoms with Crippen LogP contribution in [0.1, 0.15) is 49.7 Å². The quantitative estimate of drug-likeness (QED) is 0.847. The summed E-state index contributed by atoms with van der Waals surface area (Å²) in [6, 6.07) is 8.77. The molecular weight excluding hydrogens is 226 g/mol. The molecule has 0 amide bonds. The van der Waals surface area contributed by atoms with Gasteiger partial charge in [-0.25, -0.2) is 0 Å². The fourth-order valence-electron chi connectivity index (χ4n) is 1.74. The van der Waals surface area contributed by atoms with E-state index in [1.54, 1.807) is 0 Å². The Morgan fingerprint density at radius 3 is 2.44 bits per heavy atom. The van der Waals surface area contributed by atoms with Crippen molar-refractivity contribution >= 4 is 0 Å². The SMILES string of the molecule is CC(C)c1ccc(CNC(C)c2nn[nH]n2)cc1. The molecule has 2 rings (SSSR count). The van der Waals surface area contributed by atoms with Crippen molar-refractivity contribution < 1.29 is 0 Å². The van der Waals surface area contributed by atoms with Gasteiger partial charge in [-0.05, 0) is 24.0 Å². The van der Waals surface area contributed by atoms with Crippen molar-refractivity contribution in [2.45, 2.75) is 39.3 Å². The third kappa shape index (κ3) is 3.13. The lowest BCUT2D eigenvalue weighted by Gasteiger charge is -2.11. The maximum Gasteiger partial charge on any atom is 0.191 e. The molecule has 1 heterocycles. The lowest BCUT2D eigenvalue weighted by Crippen LogP contribution is -2.19. The lowest BCUT2D eigenvalue weighted by molar-refractivity contribution is 0.546. The van der Waals surface area contributed by atoms with Gasteiger partial charge in [-0.15, -0.1) is 10.2 Å². The summed E-state index contributed by atoms with van der Waals surface area (Å²) in [5.41, 5.74) is 2.62. The van der Waals surface area contributed by atoms with E-state index >= 15 is 0 Å². The van der Waals surface area contributed by atoms with E-state index < -0.39 is 0 Å². The normalized spacial score (nSPS) is 12.9. The summed E-state index contributed by atoms with van der Waals surface area (Å²) in [7, 11) is 0. The number of aromatic nitrogens is 4. The summed E-state index contributed by atoms with van der Waals surface area (Å²) in [4.78, 5) is 0. The van der Waals surface area contributed by atoms with Crippen LogP contribution in [0, 0.1) is 0 Å². The maximum absolute atomic E-state index is 3.96. The lowest BCUT2D eigenvalue weighted by atomic mass is 10.0. The standard InChI is InChI=1S/C13H19N5/c1-9(2)12-6-4-11(5-7-12)8-14-10(3)13-15-17-18-16-13/h4-7,9-10,14H,8H2,1-3H3,(H,15,16,17,18). The molecule has 2 aromatic rings. The topological polar surface area (TPSA) is 66.5 Å². The Hall–Kier alpha value is -1.75. The zero-order chi connectivity index (χ0) is 13.0. The van der Waals surface area contributed by atoms with Crippen molar-refractivity contribution in [3.63, 3.8) is 0 Å². The van der Waals surface area contributed by atoms with Gasteiger partial charge >= 0.3 is 0 Å². The van der Waals surface area contributed by atoms with Crippen molar-refractivity contribution in [2.24, 2.45) is 0 Å². The second-order valence-corrected chi connectivity index (χ2v) is 4.77. The Labute approximate surface area is 107 Å². The van der Waals surface area contributed by atoms with Crippen molar-refractivity contribution in [1.82, 2.24) is 25.9 Å². The first-order valence-corrected chi connectivity index (χ1v) is 6.22. The molecule has 2 N–H and O–H groups in total. The van der Waals surface area contributed by atoms with Crippen molar-refractivity contribution in [3.8, 4) is 0 Å². The number of H-pyrrole nitrogens is 1. The van der Waals surface area contributed by atoms with Gasteiger partial charge in [0.1, 0.15) is 0 Å². The van der Waals surface area contributed by atoms with Crippen LogP contribution in [-0.4, -0.2) is 20.6 Å². The van der Waals surface area contributed by atoms with Crippen molar-refractivity contribution in [1.29, 1.82) is 0 Å². The van der Waals surface area contributed by atoms with Crippen LogP contribution in [0.15, 0.2) is 24.3 Å². The predicted octanol–water partition coefficient (Wildman–Crippen LogP) is 2.17. The molecule has 0 saturated carbocycles. The molecule has 18 heavy (non-hydrogen) atoms.